The number of fused-ring (bicyclic) bond motifs is 1. The molecule has 2 aromatic rings. The summed E-state index contributed by atoms with van der Waals surface area (Å²) in [5.74, 6) is 0.877. The van der Waals surface area contributed by atoms with Crippen LogP contribution in [0.3, 0.4) is 0 Å². The smallest absolute Gasteiger partial charge is 0.305 e. The molecule has 2 aliphatic rings. The number of imidazole rings is 1. The molecule has 4 rings (SSSR count). The van der Waals surface area contributed by atoms with Gasteiger partial charge in [0.2, 0.25) is 0 Å². The Morgan fingerprint density at radius 1 is 1.16 bits per heavy atom. The first kappa shape index (κ1) is 17.2. The molecule has 2 fully saturated rings. The largest absolute Gasteiger partial charge is 0.326 e. The minimum absolute atomic E-state index is 0.00609. The van der Waals surface area contributed by atoms with Crippen LogP contribution in [0.15, 0.2) is 23.0 Å². The normalized spacial score (nSPS) is 29.3. The summed E-state index contributed by atoms with van der Waals surface area (Å²) in [6, 6.07) is 5.96. The van der Waals surface area contributed by atoms with Crippen LogP contribution in [0.25, 0.3) is 11.0 Å². The first-order valence-corrected chi connectivity index (χ1v) is 9.99. The molecule has 5 heteroatoms. The second-order valence-electron chi connectivity index (χ2n) is 8.36. The lowest BCUT2D eigenvalue weighted by atomic mass is 9.76. The number of aromatic nitrogens is 2. The van der Waals surface area contributed by atoms with E-state index in [4.69, 9.17) is 11.6 Å². The first-order chi connectivity index (χ1) is 12.0. The molecule has 0 spiro atoms. The van der Waals surface area contributed by atoms with Gasteiger partial charge in [-0.1, -0.05) is 18.5 Å². The summed E-state index contributed by atoms with van der Waals surface area (Å²) in [5, 5.41) is 0.662. The highest BCUT2D eigenvalue weighted by Gasteiger charge is 2.37. The molecule has 25 heavy (non-hydrogen) atoms. The first-order valence-electron chi connectivity index (χ1n) is 9.61. The van der Waals surface area contributed by atoms with Crippen molar-refractivity contribution in [1.82, 2.24) is 14.5 Å². The number of aromatic amines is 1. The molecule has 0 amide bonds. The van der Waals surface area contributed by atoms with E-state index in [1.165, 1.54) is 25.7 Å². The van der Waals surface area contributed by atoms with Gasteiger partial charge in [0.25, 0.3) is 0 Å². The Balaban J connectivity index is 1.51. The second-order valence-corrected chi connectivity index (χ2v) is 8.80. The molecular weight excluding hydrogens is 334 g/mol. The van der Waals surface area contributed by atoms with Crippen molar-refractivity contribution in [2.45, 2.75) is 64.0 Å². The number of H-pyrrole nitrogens is 1. The van der Waals surface area contributed by atoms with Gasteiger partial charge in [0.05, 0.1) is 11.0 Å². The van der Waals surface area contributed by atoms with E-state index in [1.807, 2.05) is 22.8 Å². The van der Waals surface area contributed by atoms with E-state index in [0.717, 1.165) is 42.9 Å². The van der Waals surface area contributed by atoms with Gasteiger partial charge in [0.1, 0.15) is 0 Å². The molecule has 1 saturated carbocycles. The molecule has 0 atom stereocenters. The molecule has 1 aliphatic carbocycles. The Morgan fingerprint density at radius 3 is 2.52 bits per heavy atom. The van der Waals surface area contributed by atoms with E-state index < -0.39 is 0 Å². The zero-order valence-corrected chi connectivity index (χ0v) is 16.0. The zero-order chi connectivity index (χ0) is 17.6. The zero-order valence-electron chi connectivity index (χ0n) is 15.2. The van der Waals surface area contributed by atoms with Crippen LogP contribution in [-0.4, -0.2) is 33.1 Å². The molecular formula is C20H28ClN3O. The Bertz CT molecular complexity index is 808. The average molecular weight is 362 g/mol. The van der Waals surface area contributed by atoms with Crippen LogP contribution in [0.1, 0.15) is 58.4 Å². The van der Waals surface area contributed by atoms with E-state index >= 15 is 0 Å². The minimum Gasteiger partial charge on any atom is -0.305 e. The molecule has 2 heterocycles. The topological polar surface area (TPSA) is 41.0 Å². The van der Waals surface area contributed by atoms with E-state index in [9.17, 15) is 4.79 Å². The van der Waals surface area contributed by atoms with Crippen LogP contribution < -0.4 is 5.69 Å². The lowest BCUT2D eigenvalue weighted by Crippen LogP contribution is -2.52. The quantitative estimate of drug-likeness (QED) is 0.849. The van der Waals surface area contributed by atoms with Crippen molar-refractivity contribution in [2.75, 3.05) is 13.1 Å². The summed E-state index contributed by atoms with van der Waals surface area (Å²) in [6.07, 6.45) is 7.40. The monoisotopic (exact) mass is 361 g/mol. The molecule has 0 unspecified atom stereocenters. The van der Waals surface area contributed by atoms with Crippen LogP contribution in [0, 0.1) is 5.92 Å². The Kier molecular flexibility index (Phi) is 4.45. The predicted molar refractivity (Wildman–Crippen MR) is 103 cm³/mol. The van der Waals surface area contributed by atoms with Crippen LogP contribution in [0.4, 0.5) is 0 Å². The standard InChI is InChI=1S/C20H28ClN3O/c1-14-5-9-20(2,10-6-14)23-11-7-16(8-12-23)24-18-4-3-15(21)13-17(18)22-19(24)25/h3-4,13-14,16H,5-12H2,1-2H3,(H,22,25). The molecule has 0 radical (unpaired) electrons. The third-order valence-corrected chi connectivity index (χ3v) is 6.86. The second kappa shape index (κ2) is 6.48. The Hall–Kier alpha value is -1.26. The van der Waals surface area contributed by atoms with Gasteiger partial charge in [-0.3, -0.25) is 9.47 Å². The summed E-state index contributed by atoms with van der Waals surface area (Å²) in [5.41, 5.74) is 2.17. The number of nitrogens with one attached hydrogen (secondary N) is 1. The van der Waals surface area contributed by atoms with E-state index in [0.29, 0.717) is 10.6 Å². The number of likely N-dealkylation sites (tertiary alicyclic amines) is 1. The Morgan fingerprint density at radius 2 is 1.84 bits per heavy atom. The van der Waals surface area contributed by atoms with Crippen LogP contribution in [0.2, 0.25) is 5.02 Å². The fourth-order valence-corrected chi connectivity index (χ4v) is 5.00. The van der Waals surface area contributed by atoms with Crippen molar-refractivity contribution in [3.8, 4) is 0 Å². The maximum Gasteiger partial charge on any atom is 0.326 e. The number of nitrogens with zero attached hydrogens (tertiary/aromatic N) is 2. The fraction of sp³-hybridized carbons (Fsp3) is 0.650. The van der Waals surface area contributed by atoms with Crippen molar-refractivity contribution in [1.29, 1.82) is 0 Å². The summed E-state index contributed by atoms with van der Waals surface area (Å²) in [4.78, 5) is 18.1. The summed E-state index contributed by atoms with van der Waals surface area (Å²) in [7, 11) is 0. The van der Waals surface area contributed by atoms with Crippen LogP contribution in [0.5, 0.6) is 0 Å². The van der Waals surface area contributed by atoms with Gasteiger partial charge in [0, 0.05) is 29.7 Å². The number of hydrogen-bond acceptors (Lipinski definition) is 2. The van der Waals surface area contributed by atoms with E-state index in [2.05, 4.69) is 23.7 Å². The average Bonchev–Trinajstić information content (AvgIpc) is 2.92. The van der Waals surface area contributed by atoms with Gasteiger partial charge < -0.3 is 4.98 Å². The number of halogens is 1. The maximum absolute atomic E-state index is 12.5. The van der Waals surface area contributed by atoms with Gasteiger partial charge in [0.15, 0.2) is 0 Å². The SMILES string of the molecule is CC1CCC(C)(N2CCC(n3c(=O)[nH]c4cc(Cl)ccc43)CC2)CC1. The summed E-state index contributed by atoms with van der Waals surface area (Å²) < 4.78 is 1.95. The lowest BCUT2D eigenvalue weighted by Gasteiger charge is -2.48. The third kappa shape index (κ3) is 3.15. The molecule has 0 bridgehead atoms. The van der Waals surface area contributed by atoms with Gasteiger partial charge >= 0.3 is 5.69 Å². The summed E-state index contributed by atoms with van der Waals surface area (Å²) in [6.45, 7) is 6.99. The molecule has 4 nitrogen and oxygen atoms in total. The van der Waals surface area contributed by atoms with Gasteiger partial charge in [-0.05, 0) is 69.6 Å². The molecule has 1 aromatic heterocycles. The number of rotatable bonds is 2. The highest BCUT2D eigenvalue weighted by molar-refractivity contribution is 6.31. The summed E-state index contributed by atoms with van der Waals surface area (Å²) >= 11 is 6.06. The maximum atomic E-state index is 12.5. The number of hydrogen-bond donors (Lipinski definition) is 1. The van der Waals surface area contributed by atoms with E-state index in [-0.39, 0.29) is 11.7 Å². The fourth-order valence-electron chi connectivity index (χ4n) is 4.83. The van der Waals surface area contributed by atoms with Crippen molar-refractivity contribution >= 4 is 22.6 Å². The van der Waals surface area contributed by atoms with Gasteiger partial charge in [-0.2, -0.15) is 0 Å². The van der Waals surface area contributed by atoms with Crippen LogP contribution >= 0.6 is 11.6 Å². The van der Waals surface area contributed by atoms with Gasteiger partial charge in [-0.25, -0.2) is 4.79 Å². The van der Waals surface area contributed by atoms with Crippen molar-refractivity contribution in [3.05, 3.63) is 33.7 Å². The van der Waals surface area contributed by atoms with Crippen molar-refractivity contribution in [2.24, 2.45) is 5.92 Å². The minimum atomic E-state index is -0.00609. The molecule has 1 aliphatic heterocycles. The molecule has 136 valence electrons. The lowest BCUT2D eigenvalue weighted by molar-refractivity contribution is 0.0263. The van der Waals surface area contributed by atoms with Crippen molar-refractivity contribution in [3.63, 3.8) is 0 Å². The predicted octanol–water partition coefficient (Wildman–Crippen LogP) is 4.59. The molecule has 1 aromatic carbocycles. The molecule has 1 saturated heterocycles. The Labute approximate surface area is 154 Å². The van der Waals surface area contributed by atoms with Crippen molar-refractivity contribution < 1.29 is 0 Å². The highest BCUT2D eigenvalue weighted by Crippen LogP contribution is 2.38. The third-order valence-electron chi connectivity index (χ3n) is 6.62. The van der Waals surface area contributed by atoms with Gasteiger partial charge in [-0.15, -0.1) is 0 Å². The van der Waals surface area contributed by atoms with E-state index in [1.54, 1.807) is 0 Å². The number of piperidine rings is 1. The molecule has 1 N–H and O–H groups in total. The van der Waals surface area contributed by atoms with Crippen LogP contribution in [-0.2, 0) is 0 Å². The number of benzene rings is 1. The highest BCUT2D eigenvalue weighted by atomic mass is 35.5.